The number of benzene rings is 2. The average Bonchev–Trinajstić information content (AvgIpc) is 3.31. The molecule has 0 radical (unpaired) electrons. The van der Waals surface area contributed by atoms with E-state index in [2.05, 4.69) is 26.8 Å². The quantitative estimate of drug-likeness (QED) is 0.428. The fraction of sp³-hybridized carbons (Fsp3) is 0.208. The second kappa shape index (κ2) is 9.00. The van der Waals surface area contributed by atoms with Gasteiger partial charge in [-0.25, -0.2) is 0 Å². The normalized spacial score (nSPS) is 15.7. The molecule has 2 N–H and O–H groups in total. The molecule has 0 saturated carbocycles. The van der Waals surface area contributed by atoms with Gasteiger partial charge in [0.25, 0.3) is 11.8 Å². The van der Waals surface area contributed by atoms with Crippen molar-refractivity contribution in [2.45, 2.75) is 20.3 Å². The first-order valence-corrected chi connectivity index (χ1v) is 11.1. The number of carbonyl (C=O) groups excluding carboxylic acids is 3. The molecule has 164 valence electrons. The van der Waals surface area contributed by atoms with Crippen molar-refractivity contribution in [1.29, 1.82) is 0 Å². The van der Waals surface area contributed by atoms with E-state index in [1.54, 1.807) is 11.0 Å². The van der Waals surface area contributed by atoms with Crippen LogP contribution in [-0.4, -0.2) is 28.8 Å². The number of amides is 3. The molecule has 4 rings (SSSR count). The van der Waals surface area contributed by atoms with E-state index in [0.717, 1.165) is 27.2 Å². The lowest BCUT2D eigenvalue weighted by molar-refractivity contribution is -0.132. The van der Waals surface area contributed by atoms with Crippen molar-refractivity contribution in [1.82, 2.24) is 15.4 Å². The molecule has 2 heterocycles. The molecule has 32 heavy (non-hydrogen) atoms. The van der Waals surface area contributed by atoms with Gasteiger partial charge in [0.15, 0.2) is 0 Å². The predicted molar refractivity (Wildman–Crippen MR) is 125 cm³/mol. The Morgan fingerprint density at radius 2 is 1.69 bits per heavy atom. The minimum absolute atomic E-state index is 0.286. The van der Waals surface area contributed by atoms with Gasteiger partial charge in [0.2, 0.25) is 5.91 Å². The Balaban J connectivity index is 1.42. The van der Waals surface area contributed by atoms with E-state index in [4.69, 9.17) is 0 Å². The van der Waals surface area contributed by atoms with Crippen LogP contribution in [-0.2, 0) is 9.59 Å². The van der Waals surface area contributed by atoms with E-state index in [1.165, 1.54) is 0 Å². The van der Waals surface area contributed by atoms with Gasteiger partial charge in [-0.2, -0.15) is 0 Å². The van der Waals surface area contributed by atoms with Crippen LogP contribution in [0.3, 0.4) is 0 Å². The molecule has 3 aromatic rings. The number of aromatic nitrogens is 1. The number of hydrogen-bond acceptors (Lipinski definition) is 3. The molecule has 1 aliphatic rings. The van der Waals surface area contributed by atoms with Crippen molar-refractivity contribution in [2.24, 2.45) is 5.92 Å². The van der Waals surface area contributed by atoms with Gasteiger partial charge in [-0.05, 0) is 66.5 Å². The first-order chi connectivity index (χ1) is 15.4. The molecule has 0 bridgehead atoms. The number of rotatable bonds is 4. The molecule has 0 aliphatic carbocycles. The highest BCUT2D eigenvalue weighted by molar-refractivity contribution is 9.10. The van der Waals surface area contributed by atoms with Gasteiger partial charge < -0.3 is 9.47 Å². The summed E-state index contributed by atoms with van der Waals surface area (Å²) in [6.45, 7) is 4.21. The number of para-hydroxylation sites is 2. The Morgan fingerprint density at radius 3 is 2.41 bits per heavy atom. The fourth-order valence-corrected chi connectivity index (χ4v) is 4.57. The maximum Gasteiger partial charge on any atom is 0.271 e. The monoisotopic (exact) mass is 494 g/mol. The van der Waals surface area contributed by atoms with Crippen molar-refractivity contribution in [3.63, 3.8) is 0 Å². The first kappa shape index (κ1) is 21.8. The number of hydrogen-bond donors (Lipinski definition) is 2. The topological polar surface area (TPSA) is 83.4 Å². The molecule has 2 aromatic carbocycles. The van der Waals surface area contributed by atoms with E-state index in [1.807, 2.05) is 73.0 Å². The van der Waals surface area contributed by atoms with Gasteiger partial charge in [-0.1, -0.05) is 30.3 Å². The van der Waals surface area contributed by atoms with Crippen LogP contribution in [0, 0.1) is 19.8 Å². The molecular formula is C24H23BrN4O3. The number of nitrogens with zero attached hydrogens (tertiary/aromatic N) is 2. The molecule has 1 saturated heterocycles. The van der Waals surface area contributed by atoms with Gasteiger partial charge in [-0.15, -0.1) is 0 Å². The van der Waals surface area contributed by atoms with Crippen LogP contribution in [0.4, 0.5) is 5.69 Å². The van der Waals surface area contributed by atoms with Crippen LogP contribution < -0.4 is 15.8 Å². The lowest BCUT2D eigenvalue weighted by Crippen LogP contribution is -2.46. The van der Waals surface area contributed by atoms with Crippen LogP contribution in [0.25, 0.3) is 5.69 Å². The summed E-state index contributed by atoms with van der Waals surface area (Å²) in [5.74, 6) is -2.08. The third-order valence-corrected chi connectivity index (χ3v) is 6.33. The van der Waals surface area contributed by atoms with Gasteiger partial charge in [-0.3, -0.25) is 25.2 Å². The Kier molecular flexibility index (Phi) is 6.14. The van der Waals surface area contributed by atoms with Crippen LogP contribution in [0.2, 0.25) is 0 Å². The highest BCUT2D eigenvalue weighted by Gasteiger charge is 2.38. The Hall–Kier alpha value is -3.39. The van der Waals surface area contributed by atoms with Crippen LogP contribution >= 0.6 is 15.9 Å². The molecule has 1 atom stereocenters. The van der Waals surface area contributed by atoms with Crippen LogP contribution in [0.1, 0.15) is 28.2 Å². The summed E-state index contributed by atoms with van der Waals surface area (Å²) in [5.41, 5.74) is 8.69. The number of carbonyl (C=O) groups is 3. The van der Waals surface area contributed by atoms with Crippen molar-refractivity contribution < 1.29 is 14.4 Å². The SMILES string of the molecule is Cc1cc(C(=O)NNC(=O)C2CCN(c3ccccc3Br)C2=O)c(C)n1-c1ccccc1. The molecule has 1 aromatic heterocycles. The molecule has 1 aliphatic heterocycles. The number of nitrogens with one attached hydrogen (secondary N) is 2. The zero-order chi connectivity index (χ0) is 22.8. The first-order valence-electron chi connectivity index (χ1n) is 10.3. The summed E-state index contributed by atoms with van der Waals surface area (Å²) in [4.78, 5) is 39.8. The van der Waals surface area contributed by atoms with Crippen molar-refractivity contribution >= 4 is 39.3 Å². The van der Waals surface area contributed by atoms with Crippen LogP contribution in [0.15, 0.2) is 65.1 Å². The van der Waals surface area contributed by atoms with E-state index in [0.29, 0.717) is 18.5 Å². The summed E-state index contributed by atoms with van der Waals surface area (Å²) in [5, 5.41) is 0. The zero-order valence-electron chi connectivity index (χ0n) is 17.8. The van der Waals surface area contributed by atoms with E-state index >= 15 is 0 Å². The third kappa shape index (κ3) is 4.05. The lowest BCUT2D eigenvalue weighted by atomic mass is 10.1. The summed E-state index contributed by atoms with van der Waals surface area (Å²) in [6.07, 6.45) is 0.379. The third-order valence-electron chi connectivity index (χ3n) is 5.65. The average molecular weight is 495 g/mol. The van der Waals surface area contributed by atoms with Crippen molar-refractivity contribution in [3.05, 3.63) is 82.1 Å². The van der Waals surface area contributed by atoms with Gasteiger partial charge in [0.05, 0.1) is 11.3 Å². The molecule has 8 heteroatoms. The van der Waals surface area contributed by atoms with Crippen molar-refractivity contribution in [2.75, 3.05) is 11.4 Å². The molecule has 3 amide bonds. The molecular weight excluding hydrogens is 472 g/mol. The van der Waals surface area contributed by atoms with Crippen molar-refractivity contribution in [3.8, 4) is 5.69 Å². The summed E-state index contributed by atoms with van der Waals surface area (Å²) in [7, 11) is 0. The number of hydrazine groups is 1. The second-order valence-electron chi connectivity index (χ2n) is 7.68. The minimum Gasteiger partial charge on any atom is -0.318 e. The largest absolute Gasteiger partial charge is 0.318 e. The molecule has 1 fully saturated rings. The second-order valence-corrected chi connectivity index (χ2v) is 8.54. The Morgan fingerprint density at radius 1 is 1.00 bits per heavy atom. The lowest BCUT2D eigenvalue weighted by Gasteiger charge is -2.18. The number of aryl methyl sites for hydroxylation is 1. The van der Waals surface area contributed by atoms with Gasteiger partial charge >= 0.3 is 0 Å². The number of halogens is 1. The summed E-state index contributed by atoms with van der Waals surface area (Å²) < 4.78 is 2.77. The fourth-order valence-electron chi connectivity index (χ4n) is 4.07. The summed E-state index contributed by atoms with van der Waals surface area (Å²) in [6, 6.07) is 18.9. The molecule has 1 unspecified atom stereocenters. The van der Waals surface area contributed by atoms with E-state index < -0.39 is 17.7 Å². The smallest absolute Gasteiger partial charge is 0.271 e. The van der Waals surface area contributed by atoms with E-state index in [-0.39, 0.29) is 5.91 Å². The maximum absolute atomic E-state index is 12.8. The Labute approximate surface area is 194 Å². The maximum atomic E-state index is 12.8. The predicted octanol–water partition coefficient (Wildman–Crippen LogP) is 3.67. The zero-order valence-corrected chi connectivity index (χ0v) is 19.3. The molecule has 7 nitrogen and oxygen atoms in total. The van der Waals surface area contributed by atoms with Gasteiger partial charge in [0.1, 0.15) is 5.92 Å². The highest BCUT2D eigenvalue weighted by atomic mass is 79.9. The standard InChI is InChI=1S/C24H23BrN4O3/c1-15-14-19(16(2)29(15)17-8-4-3-5-9-17)23(31)27-26-22(30)18-12-13-28(24(18)32)21-11-7-6-10-20(21)25/h3-11,14,18H,12-13H2,1-2H3,(H,26,30)(H,27,31). The highest BCUT2D eigenvalue weighted by Crippen LogP contribution is 2.31. The van der Waals surface area contributed by atoms with Gasteiger partial charge in [0, 0.05) is 28.1 Å². The summed E-state index contributed by atoms with van der Waals surface area (Å²) >= 11 is 3.44. The van der Waals surface area contributed by atoms with E-state index in [9.17, 15) is 14.4 Å². The minimum atomic E-state index is -0.848. The number of anilines is 1. The Bertz CT molecular complexity index is 1190. The molecule has 0 spiro atoms. The van der Waals surface area contributed by atoms with Crippen LogP contribution in [0.5, 0.6) is 0 Å².